The number of esters is 1. The van der Waals surface area contributed by atoms with Crippen molar-refractivity contribution in [3.63, 3.8) is 0 Å². The average molecular weight is 467 g/mol. The predicted octanol–water partition coefficient (Wildman–Crippen LogP) is 3.53. The molecule has 0 bridgehead atoms. The van der Waals surface area contributed by atoms with Crippen LogP contribution in [0.4, 0.5) is 0 Å². The molecule has 0 spiro atoms. The van der Waals surface area contributed by atoms with Crippen LogP contribution in [0.25, 0.3) is 11.1 Å². The smallest absolute Gasteiger partial charge is 0.419 e. The molecule has 0 aliphatic rings. The Morgan fingerprint density at radius 1 is 1.16 bits per heavy atom. The second-order valence-electron chi connectivity index (χ2n) is 6.71. The molecule has 2 aromatic carbocycles. The number of ether oxygens (including phenoxy) is 1. The maximum absolute atomic E-state index is 12.8. The number of aryl methyl sites for hydroxylation is 1. The second-order valence-corrected chi connectivity index (χ2v) is 9.02. The SMILES string of the molecule is CCN(CC)S(=O)(=O)c1cc(C(=O)OCCCn2c(=O)oc3ccccc32)ccc1Cl. The van der Waals surface area contributed by atoms with Crippen molar-refractivity contribution in [3.05, 3.63) is 63.6 Å². The zero-order chi connectivity index (χ0) is 22.6. The Morgan fingerprint density at radius 3 is 2.58 bits per heavy atom. The summed E-state index contributed by atoms with van der Waals surface area (Å²) >= 11 is 6.09. The van der Waals surface area contributed by atoms with Gasteiger partial charge in [-0.25, -0.2) is 18.0 Å². The lowest BCUT2D eigenvalue weighted by atomic mass is 10.2. The lowest BCUT2D eigenvalue weighted by Crippen LogP contribution is -2.31. The minimum atomic E-state index is -3.82. The van der Waals surface area contributed by atoms with Crippen LogP contribution in [0.15, 0.2) is 56.6 Å². The highest BCUT2D eigenvalue weighted by Gasteiger charge is 2.25. The first-order valence-corrected chi connectivity index (χ1v) is 11.7. The summed E-state index contributed by atoms with van der Waals surface area (Å²) in [6.07, 6.45) is 0.382. The molecule has 0 N–H and O–H groups in total. The molecule has 0 saturated heterocycles. The molecule has 0 unspecified atom stereocenters. The summed E-state index contributed by atoms with van der Waals surface area (Å²) in [5.74, 6) is -1.14. The Morgan fingerprint density at radius 2 is 1.87 bits per heavy atom. The molecule has 0 atom stereocenters. The molecule has 1 aromatic heterocycles. The molecule has 31 heavy (non-hydrogen) atoms. The van der Waals surface area contributed by atoms with E-state index in [1.807, 2.05) is 0 Å². The van der Waals surface area contributed by atoms with Crippen LogP contribution in [0.5, 0.6) is 0 Å². The summed E-state index contributed by atoms with van der Waals surface area (Å²) in [7, 11) is -3.82. The molecule has 8 nitrogen and oxygen atoms in total. The van der Waals surface area contributed by atoms with Crippen molar-refractivity contribution in [1.29, 1.82) is 0 Å². The fourth-order valence-electron chi connectivity index (χ4n) is 3.23. The summed E-state index contributed by atoms with van der Waals surface area (Å²) in [6.45, 7) is 4.37. The molecule has 0 saturated carbocycles. The highest BCUT2D eigenvalue weighted by Crippen LogP contribution is 2.26. The third-order valence-electron chi connectivity index (χ3n) is 4.82. The molecule has 0 radical (unpaired) electrons. The van der Waals surface area contributed by atoms with E-state index in [9.17, 15) is 18.0 Å². The van der Waals surface area contributed by atoms with Crippen LogP contribution < -0.4 is 5.76 Å². The van der Waals surface area contributed by atoms with E-state index in [1.54, 1.807) is 38.1 Å². The highest BCUT2D eigenvalue weighted by atomic mass is 35.5. The molecule has 166 valence electrons. The third kappa shape index (κ3) is 4.84. The summed E-state index contributed by atoms with van der Waals surface area (Å²) in [4.78, 5) is 24.3. The fraction of sp³-hybridized carbons (Fsp3) is 0.333. The number of aromatic nitrogens is 1. The van der Waals surface area contributed by atoms with E-state index < -0.39 is 21.7 Å². The number of nitrogens with zero attached hydrogens (tertiary/aromatic N) is 2. The molecule has 0 amide bonds. The monoisotopic (exact) mass is 466 g/mol. The number of carbonyl (C=O) groups is 1. The van der Waals surface area contributed by atoms with Crippen molar-refractivity contribution in [2.75, 3.05) is 19.7 Å². The van der Waals surface area contributed by atoms with Gasteiger partial charge in [0.15, 0.2) is 5.58 Å². The maximum Gasteiger partial charge on any atom is 0.419 e. The lowest BCUT2D eigenvalue weighted by Gasteiger charge is -2.19. The fourth-order valence-corrected chi connectivity index (χ4v) is 5.19. The van der Waals surface area contributed by atoms with Crippen molar-refractivity contribution >= 4 is 38.7 Å². The van der Waals surface area contributed by atoms with E-state index >= 15 is 0 Å². The first kappa shape index (κ1) is 23.1. The van der Waals surface area contributed by atoms with Crippen LogP contribution in [0.3, 0.4) is 0 Å². The minimum absolute atomic E-state index is 0.0367. The van der Waals surface area contributed by atoms with Gasteiger partial charge in [-0.2, -0.15) is 4.31 Å². The first-order valence-electron chi connectivity index (χ1n) is 9.84. The number of sulfonamides is 1. The Balaban J connectivity index is 1.67. The van der Waals surface area contributed by atoms with Crippen molar-refractivity contribution < 1.29 is 22.4 Å². The number of halogens is 1. The van der Waals surface area contributed by atoms with Crippen LogP contribution in [-0.4, -0.2) is 43.0 Å². The molecule has 10 heteroatoms. The molecule has 0 fully saturated rings. The zero-order valence-electron chi connectivity index (χ0n) is 17.2. The van der Waals surface area contributed by atoms with E-state index in [0.29, 0.717) is 24.1 Å². The van der Waals surface area contributed by atoms with Gasteiger partial charge in [0.25, 0.3) is 0 Å². The molecular weight excluding hydrogens is 444 g/mol. The summed E-state index contributed by atoms with van der Waals surface area (Å²) in [5.41, 5.74) is 1.25. The second kappa shape index (κ2) is 9.67. The van der Waals surface area contributed by atoms with E-state index in [0.717, 1.165) is 0 Å². The highest BCUT2D eigenvalue weighted by molar-refractivity contribution is 7.89. The zero-order valence-corrected chi connectivity index (χ0v) is 18.8. The maximum atomic E-state index is 12.8. The number of carbonyl (C=O) groups excluding carboxylic acids is 1. The third-order valence-corrected chi connectivity index (χ3v) is 7.35. The van der Waals surface area contributed by atoms with E-state index in [-0.39, 0.29) is 35.2 Å². The number of benzene rings is 2. The molecule has 0 aliphatic carbocycles. The Bertz CT molecular complexity index is 1240. The summed E-state index contributed by atoms with van der Waals surface area (Å²) < 4.78 is 38.7. The van der Waals surface area contributed by atoms with Gasteiger partial charge in [0, 0.05) is 19.6 Å². The largest absolute Gasteiger partial charge is 0.462 e. The predicted molar refractivity (Wildman–Crippen MR) is 117 cm³/mol. The summed E-state index contributed by atoms with van der Waals surface area (Å²) in [5, 5.41) is 0.0367. The van der Waals surface area contributed by atoms with Crippen LogP contribution >= 0.6 is 11.6 Å². The lowest BCUT2D eigenvalue weighted by molar-refractivity contribution is 0.0495. The number of hydrogen-bond donors (Lipinski definition) is 0. The molecule has 1 heterocycles. The van der Waals surface area contributed by atoms with Crippen LogP contribution in [-0.2, 0) is 21.3 Å². The van der Waals surface area contributed by atoms with Gasteiger partial charge in [0.1, 0.15) is 4.90 Å². The quantitative estimate of drug-likeness (QED) is 0.353. The van der Waals surface area contributed by atoms with E-state index in [4.69, 9.17) is 20.8 Å². The normalized spacial score (nSPS) is 11.9. The van der Waals surface area contributed by atoms with Crippen molar-refractivity contribution in [3.8, 4) is 0 Å². The van der Waals surface area contributed by atoms with Crippen molar-refractivity contribution in [2.24, 2.45) is 0 Å². The average Bonchev–Trinajstić information content (AvgIpc) is 3.07. The van der Waals surface area contributed by atoms with Crippen LogP contribution in [0.2, 0.25) is 5.02 Å². The van der Waals surface area contributed by atoms with Crippen molar-refractivity contribution in [2.45, 2.75) is 31.7 Å². The van der Waals surface area contributed by atoms with Gasteiger partial charge in [-0.15, -0.1) is 0 Å². The van der Waals surface area contributed by atoms with Crippen molar-refractivity contribution in [1.82, 2.24) is 8.87 Å². The standard InChI is InChI=1S/C21H23ClN2O6S/c1-3-23(4-2)31(27,28)19-14-15(10-11-16(19)22)20(25)29-13-7-12-24-17-8-5-6-9-18(17)30-21(24)26/h5-6,8-11,14H,3-4,7,12-13H2,1-2H3. The van der Waals surface area contributed by atoms with Gasteiger partial charge in [0.05, 0.1) is 22.7 Å². The minimum Gasteiger partial charge on any atom is -0.462 e. The number of fused-ring (bicyclic) bond motifs is 1. The Kier molecular flexibility index (Phi) is 7.19. The summed E-state index contributed by atoms with van der Waals surface area (Å²) in [6, 6.07) is 11.1. The molecule has 3 aromatic rings. The number of rotatable bonds is 9. The van der Waals surface area contributed by atoms with Gasteiger partial charge in [0.2, 0.25) is 10.0 Å². The number of oxazole rings is 1. The van der Waals surface area contributed by atoms with Gasteiger partial charge in [-0.05, 0) is 36.8 Å². The first-order chi connectivity index (χ1) is 14.8. The molecule has 3 rings (SSSR count). The van der Waals surface area contributed by atoms with Gasteiger partial charge in [-0.1, -0.05) is 37.6 Å². The topological polar surface area (TPSA) is 98.8 Å². The molecular formula is C21H23ClN2O6S. The number of para-hydroxylation sites is 2. The van der Waals surface area contributed by atoms with Gasteiger partial charge < -0.3 is 9.15 Å². The Hall–Kier alpha value is -2.62. The van der Waals surface area contributed by atoms with Gasteiger partial charge >= 0.3 is 11.7 Å². The number of hydrogen-bond acceptors (Lipinski definition) is 6. The molecule has 0 aliphatic heterocycles. The van der Waals surface area contributed by atoms with Crippen LogP contribution in [0, 0.1) is 0 Å². The van der Waals surface area contributed by atoms with E-state index in [1.165, 1.54) is 27.1 Å². The van der Waals surface area contributed by atoms with Gasteiger partial charge in [-0.3, -0.25) is 4.57 Å². The van der Waals surface area contributed by atoms with E-state index in [2.05, 4.69) is 0 Å². The van der Waals surface area contributed by atoms with Crippen LogP contribution in [0.1, 0.15) is 30.6 Å². The Labute approximate surface area is 185 Å².